The molecule has 4 nitrogen and oxygen atoms in total. The van der Waals surface area contributed by atoms with E-state index in [0.29, 0.717) is 12.3 Å². The van der Waals surface area contributed by atoms with Crippen LogP contribution in [0, 0.1) is 0 Å². The van der Waals surface area contributed by atoms with Gasteiger partial charge < -0.3 is 9.29 Å². The molecule has 1 rings (SSSR count). The van der Waals surface area contributed by atoms with Crippen LogP contribution in [0.1, 0.15) is 46.4 Å². The molecular formula is C14H23BrN2O2S. The molecule has 1 unspecified atom stereocenters. The molecule has 114 valence electrons. The molecule has 0 aliphatic heterocycles. The number of ether oxygens (including phenoxy) is 1. The van der Waals surface area contributed by atoms with Crippen molar-refractivity contribution in [3.63, 3.8) is 0 Å². The summed E-state index contributed by atoms with van der Waals surface area (Å²) in [6, 6.07) is 1.90. The van der Waals surface area contributed by atoms with E-state index >= 15 is 0 Å². The second-order valence-electron chi connectivity index (χ2n) is 5.51. The van der Waals surface area contributed by atoms with Crippen molar-refractivity contribution in [2.75, 3.05) is 13.7 Å². The van der Waals surface area contributed by atoms with Gasteiger partial charge in [-0.2, -0.15) is 0 Å². The summed E-state index contributed by atoms with van der Waals surface area (Å²) >= 11 is 2.39. The molecule has 1 aromatic rings. The lowest BCUT2D eigenvalue weighted by molar-refractivity contribution is 0.338. The molecule has 0 aliphatic rings. The van der Waals surface area contributed by atoms with Crippen LogP contribution >= 0.6 is 15.9 Å². The number of halogens is 1. The Balaban J connectivity index is 3.02. The minimum Gasteiger partial charge on any atom is -0.597 e. The van der Waals surface area contributed by atoms with Crippen LogP contribution in [0.25, 0.3) is 0 Å². The quantitative estimate of drug-likeness (QED) is 0.749. The highest BCUT2D eigenvalue weighted by Gasteiger charge is 2.36. The highest BCUT2D eigenvalue weighted by Crippen LogP contribution is 2.31. The highest BCUT2D eigenvalue weighted by atomic mass is 79.9. The number of methoxy groups -OCH3 is 1. The van der Waals surface area contributed by atoms with E-state index in [1.807, 2.05) is 45.0 Å². The van der Waals surface area contributed by atoms with Gasteiger partial charge >= 0.3 is 0 Å². The molecule has 0 aromatic carbocycles. The summed E-state index contributed by atoms with van der Waals surface area (Å²) in [7, 11) is 1.61. The van der Waals surface area contributed by atoms with Crippen molar-refractivity contribution in [3.8, 4) is 5.75 Å². The summed E-state index contributed by atoms with van der Waals surface area (Å²) in [6.07, 6.45) is 1.68. The largest absolute Gasteiger partial charge is 0.597 e. The highest BCUT2D eigenvalue weighted by molar-refractivity contribution is 9.10. The topological polar surface area (TPSA) is 48.4 Å². The monoisotopic (exact) mass is 362 g/mol. The number of hydrogen-bond acceptors (Lipinski definition) is 4. The van der Waals surface area contributed by atoms with Crippen molar-refractivity contribution in [1.29, 1.82) is 0 Å². The Labute approximate surface area is 133 Å². The first-order valence-electron chi connectivity index (χ1n) is 6.60. The van der Waals surface area contributed by atoms with Gasteiger partial charge in [-0.3, -0.25) is 4.98 Å². The van der Waals surface area contributed by atoms with Gasteiger partial charge in [0.1, 0.15) is 4.75 Å². The first-order chi connectivity index (χ1) is 9.22. The smallest absolute Gasteiger partial charge is 0.151 e. The molecule has 2 atom stereocenters. The Morgan fingerprint density at radius 2 is 2.10 bits per heavy atom. The second kappa shape index (κ2) is 7.11. The molecule has 0 bridgehead atoms. The Bertz CT molecular complexity index is 451. The Morgan fingerprint density at radius 3 is 2.50 bits per heavy atom. The standard InChI is InChI=1S/C14H23BrN2O2S/c1-7-17(20(18)14(3,4)5)10(2)12-8-11(15)13(19-6)9-16-12/h8-10H,7H2,1-6H3/t10?,20-/m1/s1. The fraction of sp³-hybridized carbons (Fsp3) is 0.643. The summed E-state index contributed by atoms with van der Waals surface area (Å²) in [5.74, 6) is 0.695. The van der Waals surface area contributed by atoms with Crippen molar-refractivity contribution < 1.29 is 9.29 Å². The van der Waals surface area contributed by atoms with Gasteiger partial charge in [0.25, 0.3) is 0 Å². The second-order valence-corrected chi connectivity index (χ2v) is 8.56. The average molecular weight is 363 g/mol. The van der Waals surface area contributed by atoms with Gasteiger partial charge in [0, 0.05) is 17.9 Å². The molecule has 0 amide bonds. The molecule has 0 spiro atoms. The summed E-state index contributed by atoms with van der Waals surface area (Å²) < 4.78 is 20.3. The van der Waals surface area contributed by atoms with E-state index in [2.05, 4.69) is 20.9 Å². The van der Waals surface area contributed by atoms with Crippen LogP contribution in [0.2, 0.25) is 0 Å². The van der Waals surface area contributed by atoms with Gasteiger partial charge in [0.15, 0.2) is 5.75 Å². The molecular weight excluding hydrogens is 340 g/mol. The zero-order chi connectivity index (χ0) is 15.5. The number of nitrogens with zero attached hydrogens (tertiary/aromatic N) is 2. The maximum absolute atomic E-state index is 12.6. The van der Waals surface area contributed by atoms with E-state index in [-0.39, 0.29) is 10.8 Å². The predicted molar refractivity (Wildman–Crippen MR) is 87.2 cm³/mol. The lowest BCUT2D eigenvalue weighted by Crippen LogP contribution is -2.44. The third-order valence-corrected chi connectivity index (χ3v) is 5.64. The Morgan fingerprint density at radius 1 is 1.50 bits per heavy atom. The fourth-order valence-electron chi connectivity index (χ4n) is 1.85. The third kappa shape index (κ3) is 4.10. The molecule has 0 N–H and O–H groups in total. The normalized spacial score (nSPS) is 15.2. The molecule has 20 heavy (non-hydrogen) atoms. The van der Waals surface area contributed by atoms with E-state index in [1.54, 1.807) is 13.3 Å². The third-order valence-electron chi connectivity index (χ3n) is 2.97. The lowest BCUT2D eigenvalue weighted by Gasteiger charge is -2.35. The number of pyridine rings is 1. The van der Waals surface area contributed by atoms with Gasteiger partial charge in [0.2, 0.25) is 0 Å². The van der Waals surface area contributed by atoms with Crippen molar-refractivity contribution in [2.45, 2.75) is 45.4 Å². The summed E-state index contributed by atoms with van der Waals surface area (Å²) in [6.45, 7) is 10.7. The maximum atomic E-state index is 12.6. The van der Waals surface area contributed by atoms with Crippen molar-refractivity contribution in [3.05, 3.63) is 22.4 Å². The van der Waals surface area contributed by atoms with Crippen LogP contribution in [0.3, 0.4) is 0 Å². The predicted octanol–water partition coefficient (Wildman–Crippen LogP) is 3.70. The van der Waals surface area contributed by atoms with Crippen LogP contribution in [-0.2, 0) is 11.4 Å². The first-order valence-corrected chi connectivity index (χ1v) is 8.50. The first kappa shape index (κ1) is 17.8. The minimum atomic E-state index is -1.07. The van der Waals surface area contributed by atoms with Crippen LogP contribution in [0.4, 0.5) is 0 Å². The number of hydrogen-bond donors (Lipinski definition) is 0. The van der Waals surface area contributed by atoms with Crippen LogP contribution < -0.4 is 4.74 Å². The molecule has 0 radical (unpaired) electrons. The van der Waals surface area contributed by atoms with E-state index in [0.717, 1.165) is 10.2 Å². The minimum absolute atomic E-state index is 0.0257. The summed E-state index contributed by atoms with van der Waals surface area (Å²) in [5, 5.41) is 0. The van der Waals surface area contributed by atoms with E-state index in [1.165, 1.54) is 0 Å². The zero-order valence-electron chi connectivity index (χ0n) is 12.9. The zero-order valence-corrected chi connectivity index (χ0v) is 15.3. The van der Waals surface area contributed by atoms with Gasteiger partial charge in [-0.15, -0.1) is 4.31 Å². The molecule has 0 fully saturated rings. The van der Waals surface area contributed by atoms with Crippen LogP contribution in [0.5, 0.6) is 5.75 Å². The lowest BCUT2D eigenvalue weighted by atomic mass is 10.2. The molecule has 1 aromatic heterocycles. The Hall–Kier alpha value is -0.300. The fourth-order valence-corrected chi connectivity index (χ4v) is 3.68. The van der Waals surface area contributed by atoms with E-state index in [9.17, 15) is 4.55 Å². The van der Waals surface area contributed by atoms with Gasteiger partial charge in [0.05, 0.1) is 29.5 Å². The summed E-state index contributed by atoms with van der Waals surface area (Å²) in [4.78, 5) is 4.41. The number of rotatable bonds is 5. The van der Waals surface area contributed by atoms with Crippen LogP contribution in [0.15, 0.2) is 16.7 Å². The molecule has 0 saturated carbocycles. The van der Waals surface area contributed by atoms with Gasteiger partial charge in [-0.05, 0) is 56.6 Å². The van der Waals surface area contributed by atoms with E-state index in [4.69, 9.17) is 4.74 Å². The average Bonchev–Trinajstić information content (AvgIpc) is 2.38. The van der Waals surface area contributed by atoms with Crippen molar-refractivity contribution in [2.24, 2.45) is 0 Å². The number of aromatic nitrogens is 1. The van der Waals surface area contributed by atoms with Crippen LogP contribution in [-0.4, -0.2) is 32.2 Å². The van der Waals surface area contributed by atoms with Crippen molar-refractivity contribution >= 4 is 27.3 Å². The Kier molecular flexibility index (Phi) is 6.31. The SMILES string of the molecule is CCN(C(C)c1cc(Br)c(OC)cn1)[S@+]([O-])C(C)(C)C. The molecule has 0 saturated heterocycles. The molecule has 6 heteroatoms. The summed E-state index contributed by atoms with van der Waals surface area (Å²) in [5.41, 5.74) is 0.872. The molecule has 0 aliphatic carbocycles. The maximum Gasteiger partial charge on any atom is 0.151 e. The van der Waals surface area contributed by atoms with Gasteiger partial charge in [-0.1, -0.05) is 0 Å². The van der Waals surface area contributed by atoms with E-state index < -0.39 is 11.4 Å². The van der Waals surface area contributed by atoms with Crippen molar-refractivity contribution in [1.82, 2.24) is 9.29 Å². The van der Waals surface area contributed by atoms with Gasteiger partial charge in [-0.25, -0.2) is 0 Å². The molecule has 1 heterocycles.